The lowest BCUT2D eigenvalue weighted by Gasteiger charge is -2.43. The SMILES string of the molecule is Cc1cccc(C)c1NC(=O)CN1CCC[C@@H]2CCCC[C@@H]21. The maximum absolute atomic E-state index is 12.5. The van der Waals surface area contributed by atoms with E-state index in [0.29, 0.717) is 12.6 Å². The number of nitrogens with zero attached hydrogens (tertiary/aromatic N) is 1. The number of likely N-dealkylation sites (tertiary alicyclic amines) is 1. The molecule has 3 heteroatoms. The highest BCUT2D eigenvalue weighted by Crippen LogP contribution is 2.35. The molecule has 1 saturated carbocycles. The van der Waals surface area contributed by atoms with Gasteiger partial charge in [-0.25, -0.2) is 0 Å². The fourth-order valence-corrected chi connectivity index (χ4v) is 4.30. The second kappa shape index (κ2) is 6.82. The van der Waals surface area contributed by atoms with Crippen LogP contribution in [0.4, 0.5) is 5.69 Å². The smallest absolute Gasteiger partial charge is 0.238 e. The lowest BCUT2D eigenvalue weighted by atomic mass is 9.78. The number of hydrogen-bond donors (Lipinski definition) is 1. The zero-order chi connectivity index (χ0) is 15.5. The molecule has 0 bridgehead atoms. The van der Waals surface area contributed by atoms with Crippen molar-refractivity contribution in [1.29, 1.82) is 0 Å². The summed E-state index contributed by atoms with van der Waals surface area (Å²) in [6, 6.07) is 6.80. The lowest BCUT2D eigenvalue weighted by Crippen LogP contribution is -2.49. The summed E-state index contributed by atoms with van der Waals surface area (Å²) in [6.45, 7) is 5.75. The molecule has 2 fully saturated rings. The number of carbonyl (C=O) groups excluding carboxylic acids is 1. The second-order valence-electron chi connectivity index (χ2n) is 7.04. The molecular weight excluding hydrogens is 272 g/mol. The van der Waals surface area contributed by atoms with Crippen LogP contribution in [0, 0.1) is 19.8 Å². The number of aryl methyl sites for hydroxylation is 2. The van der Waals surface area contributed by atoms with E-state index in [4.69, 9.17) is 0 Å². The Kier molecular flexibility index (Phi) is 4.82. The van der Waals surface area contributed by atoms with Crippen molar-refractivity contribution in [2.45, 2.75) is 58.4 Å². The summed E-state index contributed by atoms with van der Waals surface area (Å²) in [5, 5.41) is 3.14. The molecule has 3 nitrogen and oxygen atoms in total. The number of piperidine rings is 1. The van der Waals surface area contributed by atoms with Crippen LogP contribution < -0.4 is 5.32 Å². The Bertz CT molecular complexity index is 518. The molecule has 1 aromatic rings. The topological polar surface area (TPSA) is 32.3 Å². The summed E-state index contributed by atoms with van der Waals surface area (Å²) in [5.74, 6) is 0.971. The minimum atomic E-state index is 0.142. The molecule has 1 aliphatic carbocycles. The fourth-order valence-electron chi connectivity index (χ4n) is 4.30. The largest absolute Gasteiger partial charge is 0.324 e. The van der Waals surface area contributed by atoms with E-state index < -0.39 is 0 Å². The van der Waals surface area contributed by atoms with Crippen LogP contribution in [-0.4, -0.2) is 29.9 Å². The van der Waals surface area contributed by atoms with Crippen LogP contribution in [-0.2, 0) is 4.79 Å². The molecule has 0 spiro atoms. The summed E-state index contributed by atoms with van der Waals surface area (Å²) in [6.07, 6.45) is 7.96. The van der Waals surface area contributed by atoms with Crippen molar-refractivity contribution in [3.05, 3.63) is 29.3 Å². The highest BCUT2D eigenvalue weighted by atomic mass is 16.2. The molecule has 1 amide bonds. The zero-order valence-corrected chi connectivity index (χ0v) is 13.9. The Hall–Kier alpha value is -1.35. The Labute approximate surface area is 134 Å². The van der Waals surface area contributed by atoms with Gasteiger partial charge in [0.15, 0.2) is 0 Å². The number of hydrogen-bond acceptors (Lipinski definition) is 2. The summed E-state index contributed by atoms with van der Waals surface area (Å²) < 4.78 is 0. The normalized spacial score (nSPS) is 25.5. The zero-order valence-electron chi connectivity index (χ0n) is 13.9. The molecule has 0 unspecified atom stereocenters. The Balaban J connectivity index is 1.63. The van der Waals surface area contributed by atoms with E-state index in [9.17, 15) is 4.79 Å². The lowest BCUT2D eigenvalue weighted by molar-refractivity contribution is -0.118. The molecule has 2 aliphatic rings. The van der Waals surface area contributed by atoms with Gasteiger partial charge >= 0.3 is 0 Å². The van der Waals surface area contributed by atoms with Gasteiger partial charge in [-0.15, -0.1) is 0 Å². The number of amides is 1. The van der Waals surface area contributed by atoms with Crippen molar-refractivity contribution in [3.63, 3.8) is 0 Å². The third-order valence-corrected chi connectivity index (χ3v) is 5.45. The number of rotatable bonds is 3. The summed E-state index contributed by atoms with van der Waals surface area (Å²) >= 11 is 0. The Morgan fingerprint density at radius 1 is 1.14 bits per heavy atom. The first-order valence-electron chi connectivity index (χ1n) is 8.75. The molecular formula is C19H28N2O. The van der Waals surface area contributed by atoms with Crippen LogP contribution in [0.5, 0.6) is 0 Å². The van der Waals surface area contributed by atoms with Crippen molar-refractivity contribution < 1.29 is 4.79 Å². The van der Waals surface area contributed by atoms with Gasteiger partial charge in [0.05, 0.1) is 6.54 Å². The van der Waals surface area contributed by atoms with Gasteiger partial charge in [-0.3, -0.25) is 9.69 Å². The first kappa shape index (κ1) is 15.5. The van der Waals surface area contributed by atoms with Crippen LogP contribution in [0.25, 0.3) is 0 Å². The molecule has 1 heterocycles. The molecule has 0 aromatic heterocycles. The molecule has 120 valence electrons. The van der Waals surface area contributed by atoms with E-state index in [1.165, 1.54) is 38.5 Å². The van der Waals surface area contributed by atoms with Gasteiger partial charge in [0, 0.05) is 11.7 Å². The molecule has 1 aromatic carbocycles. The summed E-state index contributed by atoms with van der Waals surface area (Å²) in [5.41, 5.74) is 3.27. The van der Waals surface area contributed by atoms with Crippen molar-refractivity contribution >= 4 is 11.6 Å². The van der Waals surface area contributed by atoms with E-state index in [-0.39, 0.29) is 5.91 Å². The van der Waals surface area contributed by atoms with Crippen molar-refractivity contribution in [2.75, 3.05) is 18.4 Å². The maximum atomic E-state index is 12.5. The van der Waals surface area contributed by atoms with Gasteiger partial charge in [0.25, 0.3) is 0 Å². The molecule has 3 rings (SSSR count). The summed E-state index contributed by atoms with van der Waals surface area (Å²) in [4.78, 5) is 14.9. The number of carbonyl (C=O) groups is 1. The maximum Gasteiger partial charge on any atom is 0.238 e. The van der Waals surface area contributed by atoms with E-state index in [2.05, 4.69) is 36.2 Å². The first-order valence-corrected chi connectivity index (χ1v) is 8.75. The number of para-hydroxylation sites is 1. The van der Waals surface area contributed by atoms with E-state index in [0.717, 1.165) is 29.3 Å². The van der Waals surface area contributed by atoms with Crippen LogP contribution in [0.15, 0.2) is 18.2 Å². The third kappa shape index (κ3) is 3.35. The van der Waals surface area contributed by atoms with Gasteiger partial charge in [0.2, 0.25) is 5.91 Å². The van der Waals surface area contributed by atoms with E-state index >= 15 is 0 Å². The molecule has 2 atom stereocenters. The van der Waals surface area contributed by atoms with Crippen LogP contribution in [0.3, 0.4) is 0 Å². The fraction of sp³-hybridized carbons (Fsp3) is 0.632. The monoisotopic (exact) mass is 300 g/mol. The molecule has 22 heavy (non-hydrogen) atoms. The average molecular weight is 300 g/mol. The Morgan fingerprint density at radius 2 is 1.82 bits per heavy atom. The minimum Gasteiger partial charge on any atom is -0.324 e. The van der Waals surface area contributed by atoms with Gasteiger partial charge in [-0.05, 0) is 63.1 Å². The summed E-state index contributed by atoms with van der Waals surface area (Å²) in [7, 11) is 0. The highest BCUT2D eigenvalue weighted by Gasteiger charge is 2.33. The van der Waals surface area contributed by atoms with Crippen molar-refractivity contribution in [2.24, 2.45) is 5.92 Å². The number of anilines is 1. The quantitative estimate of drug-likeness (QED) is 0.918. The van der Waals surface area contributed by atoms with Crippen LogP contribution in [0.2, 0.25) is 0 Å². The van der Waals surface area contributed by atoms with Crippen LogP contribution >= 0.6 is 0 Å². The van der Waals surface area contributed by atoms with Gasteiger partial charge in [-0.2, -0.15) is 0 Å². The van der Waals surface area contributed by atoms with Gasteiger partial charge in [-0.1, -0.05) is 31.0 Å². The molecule has 1 saturated heterocycles. The number of fused-ring (bicyclic) bond motifs is 1. The van der Waals surface area contributed by atoms with E-state index in [1.807, 2.05) is 6.07 Å². The first-order chi connectivity index (χ1) is 10.6. The third-order valence-electron chi connectivity index (χ3n) is 5.45. The highest BCUT2D eigenvalue weighted by molar-refractivity contribution is 5.93. The second-order valence-corrected chi connectivity index (χ2v) is 7.04. The molecule has 1 N–H and O–H groups in total. The Morgan fingerprint density at radius 3 is 2.59 bits per heavy atom. The molecule has 0 radical (unpaired) electrons. The average Bonchev–Trinajstić information content (AvgIpc) is 2.51. The minimum absolute atomic E-state index is 0.142. The standard InChI is InChI=1S/C19H28N2O/c1-14-7-5-8-15(2)19(14)20-18(22)13-21-12-6-10-16-9-3-4-11-17(16)21/h5,7-8,16-17H,3-4,6,9-13H2,1-2H3,(H,20,22)/t16-,17-/m0/s1. The molecule has 1 aliphatic heterocycles. The number of benzene rings is 1. The number of nitrogens with one attached hydrogen (secondary N) is 1. The van der Waals surface area contributed by atoms with Crippen molar-refractivity contribution in [3.8, 4) is 0 Å². The predicted octanol–water partition coefficient (Wildman–Crippen LogP) is 3.90. The van der Waals surface area contributed by atoms with Gasteiger partial charge in [0.1, 0.15) is 0 Å². The predicted molar refractivity (Wildman–Crippen MR) is 91.1 cm³/mol. The van der Waals surface area contributed by atoms with E-state index in [1.54, 1.807) is 0 Å². The van der Waals surface area contributed by atoms with Crippen molar-refractivity contribution in [1.82, 2.24) is 4.90 Å². The van der Waals surface area contributed by atoms with Crippen LogP contribution in [0.1, 0.15) is 49.7 Å². The van der Waals surface area contributed by atoms with Gasteiger partial charge < -0.3 is 5.32 Å².